The number of aromatic nitrogens is 2. The maximum atomic E-state index is 13.8. The number of nitrogens with zero attached hydrogens (tertiary/aromatic N) is 3. The van der Waals surface area contributed by atoms with Crippen molar-refractivity contribution >= 4 is 21.6 Å². The number of methoxy groups -OCH3 is 2. The summed E-state index contributed by atoms with van der Waals surface area (Å²) in [6.07, 6.45) is 3.56. The van der Waals surface area contributed by atoms with E-state index in [1.54, 1.807) is 30.5 Å². The Bertz CT molecular complexity index is 1530. The van der Waals surface area contributed by atoms with Crippen LogP contribution in [0.5, 0.6) is 11.5 Å². The van der Waals surface area contributed by atoms with Crippen LogP contribution < -0.4 is 19.1 Å². The molecule has 0 unspecified atom stereocenters. The minimum Gasteiger partial charge on any atom is -0.493 e. The van der Waals surface area contributed by atoms with Gasteiger partial charge in [-0.1, -0.05) is 35.9 Å². The van der Waals surface area contributed by atoms with Crippen LogP contribution in [0.1, 0.15) is 17.0 Å². The van der Waals surface area contributed by atoms with Crippen molar-refractivity contribution in [3.05, 3.63) is 96.1 Å². The van der Waals surface area contributed by atoms with E-state index in [0.29, 0.717) is 11.4 Å². The fourth-order valence-electron chi connectivity index (χ4n) is 4.04. The van der Waals surface area contributed by atoms with Crippen LogP contribution in [0.25, 0.3) is 5.69 Å². The zero-order valence-electron chi connectivity index (χ0n) is 21.7. The fraction of sp³-hybridized carbons (Fsp3) is 0.214. The van der Waals surface area contributed by atoms with Gasteiger partial charge < -0.3 is 19.4 Å². The van der Waals surface area contributed by atoms with Gasteiger partial charge in [-0.05, 0) is 49.7 Å². The van der Waals surface area contributed by atoms with Crippen LogP contribution in [0, 0.1) is 13.8 Å². The van der Waals surface area contributed by atoms with Crippen molar-refractivity contribution in [2.45, 2.75) is 25.3 Å². The molecule has 3 aromatic carbocycles. The lowest BCUT2D eigenvalue weighted by atomic mass is 10.1. The molecule has 1 heterocycles. The quantitative estimate of drug-likeness (QED) is 0.330. The molecule has 4 rings (SSSR count). The minimum atomic E-state index is -4.13. The van der Waals surface area contributed by atoms with Gasteiger partial charge in [-0.25, -0.2) is 13.4 Å². The Morgan fingerprint density at radius 1 is 0.974 bits per heavy atom. The highest BCUT2D eigenvalue weighted by Gasteiger charge is 2.28. The predicted octanol–water partition coefficient (Wildman–Crippen LogP) is 4.02. The van der Waals surface area contributed by atoms with Crippen LogP contribution in [0.15, 0.2) is 84.0 Å². The van der Waals surface area contributed by atoms with Gasteiger partial charge in [0.1, 0.15) is 12.4 Å². The molecule has 4 aromatic rings. The largest absolute Gasteiger partial charge is 0.493 e. The van der Waals surface area contributed by atoms with Crippen molar-refractivity contribution in [2.75, 3.05) is 25.1 Å². The second-order valence-corrected chi connectivity index (χ2v) is 10.5. The number of ether oxygens (including phenoxy) is 2. The Balaban J connectivity index is 1.61. The van der Waals surface area contributed by atoms with E-state index in [1.807, 2.05) is 48.9 Å². The maximum absolute atomic E-state index is 13.8. The van der Waals surface area contributed by atoms with Gasteiger partial charge in [0.05, 0.1) is 30.5 Å². The molecule has 0 bridgehead atoms. The summed E-state index contributed by atoms with van der Waals surface area (Å²) in [4.78, 5) is 17.4. The molecule has 0 aliphatic rings. The van der Waals surface area contributed by atoms with Gasteiger partial charge in [0.15, 0.2) is 11.5 Å². The number of hydrogen-bond donors (Lipinski definition) is 1. The Morgan fingerprint density at radius 2 is 1.68 bits per heavy atom. The molecular formula is C28H30N4O5S. The Kier molecular flexibility index (Phi) is 8.02. The van der Waals surface area contributed by atoms with Gasteiger partial charge in [-0.3, -0.25) is 9.10 Å². The molecule has 0 spiro atoms. The van der Waals surface area contributed by atoms with Crippen LogP contribution in [-0.4, -0.2) is 44.6 Å². The summed E-state index contributed by atoms with van der Waals surface area (Å²) >= 11 is 0. The van der Waals surface area contributed by atoms with E-state index in [-0.39, 0.29) is 17.2 Å². The number of aryl methyl sites for hydroxylation is 2. The normalized spacial score (nSPS) is 11.2. The number of carbonyl (C=O) groups excluding carboxylic acids is 1. The third kappa shape index (κ3) is 5.65. The highest BCUT2D eigenvalue weighted by molar-refractivity contribution is 7.92. The lowest BCUT2D eigenvalue weighted by Gasteiger charge is -2.25. The third-order valence-electron chi connectivity index (χ3n) is 6.11. The van der Waals surface area contributed by atoms with Gasteiger partial charge in [0.25, 0.3) is 10.0 Å². The maximum Gasteiger partial charge on any atom is 0.264 e. The first-order valence-electron chi connectivity index (χ1n) is 11.9. The molecule has 0 atom stereocenters. The Hall–Kier alpha value is -4.31. The van der Waals surface area contributed by atoms with E-state index < -0.39 is 22.5 Å². The van der Waals surface area contributed by atoms with Gasteiger partial charge in [0.2, 0.25) is 5.91 Å². The van der Waals surface area contributed by atoms with E-state index >= 15 is 0 Å². The van der Waals surface area contributed by atoms with Crippen LogP contribution in [0.3, 0.4) is 0 Å². The smallest absolute Gasteiger partial charge is 0.264 e. The van der Waals surface area contributed by atoms with E-state index in [1.165, 1.54) is 32.4 Å². The van der Waals surface area contributed by atoms with Crippen LogP contribution in [-0.2, 0) is 21.4 Å². The number of hydrogen-bond acceptors (Lipinski definition) is 6. The van der Waals surface area contributed by atoms with Crippen LogP contribution in [0.4, 0.5) is 5.69 Å². The van der Waals surface area contributed by atoms with Gasteiger partial charge in [-0.15, -0.1) is 0 Å². The summed E-state index contributed by atoms with van der Waals surface area (Å²) in [5, 5.41) is 2.87. The summed E-state index contributed by atoms with van der Waals surface area (Å²) in [6.45, 7) is 3.60. The molecule has 0 aliphatic carbocycles. The van der Waals surface area contributed by atoms with Crippen LogP contribution >= 0.6 is 0 Å². The van der Waals surface area contributed by atoms with Gasteiger partial charge in [0, 0.05) is 25.0 Å². The number of sulfonamides is 1. The predicted molar refractivity (Wildman–Crippen MR) is 145 cm³/mol. The SMILES string of the molecule is COc1ccc(S(=O)(=O)N(CC(=O)NCc2ccccc2-n2ccnc2C)c2ccc(C)cc2)cc1OC. The van der Waals surface area contributed by atoms with Crippen molar-refractivity contribution in [1.82, 2.24) is 14.9 Å². The van der Waals surface area contributed by atoms with Crippen molar-refractivity contribution in [2.24, 2.45) is 0 Å². The van der Waals surface area contributed by atoms with Crippen LogP contribution in [0.2, 0.25) is 0 Å². The van der Waals surface area contributed by atoms with Gasteiger partial charge >= 0.3 is 0 Å². The lowest BCUT2D eigenvalue weighted by molar-refractivity contribution is -0.119. The second-order valence-electron chi connectivity index (χ2n) is 8.61. The topological polar surface area (TPSA) is 103 Å². The van der Waals surface area contributed by atoms with E-state index in [2.05, 4.69) is 10.3 Å². The molecule has 1 aromatic heterocycles. The molecule has 0 aliphatic heterocycles. The number of para-hydroxylation sites is 1. The molecule has 38 heavy (non-hydrogen) atoms. The highest BCUT2D eigenvalue weighted by Crippen LogP contribution is 2.32. The molecule has 0 radical (unpaired) electrons. The monoisotopic (exact) mass is 534 g/mol. The first kappa shape index (κ1) is 26.7. The molecule has 1 amide bonds. The first-order valence-corrected chi connectivity index (χ1v) is 13.3. The van der Waals surface area contributed by atoms with E-state index in [9.17, 15) is 13.2 Å². The number of rotatable bonds is 10. The number of imidazole rings is 1. The van der Waals surface area contributed by atoms with Gasteiger partial charge in [-0.2, -0.15) is 0 Å². The highest BCUT2D eigenvalue weighted by atomic mass is 32.2. The summed E-state index contributed by atoms with van der Waals surface area (Å²) in [7, 11) is -1.22. The molecule has 0 saturated carbocycles. The summed E-state index contributed by atoms with van der Waals surface area (Å²) in [5.74, 6) is 1.04. The van der Waals surface area contributed by atoms with Crippen molar-refractivity contribution in [3.63, 3.8) is 0 Å². The lowest BCUT2D eigenvalue weighted by Crippen LogP contribution is -2.40. The molecule has 0 fully saturated rings. The molecule has 0 saturated heterocycles. The van der Waals surface area contributed by atoms with E-state index in [0.717, 1.165) is 26.9 Å². The van der Waals surface area contributed by atoms with E-state index in [4.69, 9.17) is 9.47 Å². The number of carbonyl (C=O) groups is 1. The Labute approximate surface area is 222 Å². The average Bonchev–Trinajstić information content (AvgIpc) is 3.36. The third-order valence-corrected chi connectivity index (χ3v) is 7.87. The number of amides is 1. The van der Waals surface area contributed by atoms with Crippen molar-refractivity contribution in [1.29, 1.82) is 0 Å². The molecule has 10 heteroatoms. The summed E-state index contributed by atoms with van der Waals surface area (Å²) in [6, 6.07) is 18.9. The molecule has 1 N–H and O–H groups in total. The summed E-state index contributed by atoms with van der Waals surface area (Å²) in [5.41, 5.74) is 3.09. The number of benzene rings is 3. The van der Waals surface area contributed by atoms with Crippen molar-refractivity contribution in [3.8, 4) is 17.2 Å². The minimum absolute atomic E-state index is 0.0237. The number of anilines is 1. The average molecular weight is 535 g/mol. The van der Waals surface area contributed by atoms with Crippen molar-refractivity contribution < 1.29 is 22.7 Å². The zero-order chi connectivity index (χ0) is 27.3. The molecular weight excluding hydrogens is 504 g/mol. The first-order chi connectivity index (χ1) is 18.2. The fourth-order valence-corrected chi connectivity index (χ4v) is 5.48. The molecule has 198 valence electrons. The second kappa shape index (κ2) is 11.4. The summed E-state index contributed by atoms with van der Waals surface area (Å²) < 4.78 is 41.1. The number of nitrogens with one attached hydrogen (secondary N) is 1. The molecule has 9 nitrogen and oxygen atoms in total. The standard InChI is InChI=1S/C28H30N4O5S/c1-20-9-11-23(12-10-20)32(38(34,35)24-13-14-26(36-3)27(17-24)37-4)19-28(33)30-18-22-7-5-6-8-25(22)31-16-15-29-21(31)2/h5-17H,18-19H2,1-4H3,(H,30,33). The Morgan fingerprint density at radius 3 is 2.34 bits per heavy atom. The zero-order valence-corrected chi connectivity index (χ0v) is 22.5.